The molecule has 0 atom stereocenters. The van der Waals surface area contributed by atoms with Crippen LogP contribution in [0.2, 0.25) is 0 Å². The lowest BCUT2D eigenvalue weighted by Gasteiger charge is -2.19. The number of carbonyl (C=O) groups is 1. The standard InChI is InChI=1S/C18H21NO3S/c1-18(2,3)14-8-10-15(11-9-14)19-17(20)13-6-5-7-16(12-13)23(4,21)22/h5-12H,1-4H3,(H,19,20). The maximum atomic E-state index is 12.3. The fourth-order valence-electron chi connectivity index (χ4n) is 2.12. The highest BCUT2D eigenvalue weighted by molar-refractivity contribution is 7.90. The lowest BCUT2D eigenvalue weighted by atomic mass is 9.87. The van der Waals surface area contributed by atoms with Crippen molar-refractivity contribution in [1.82, 2.24) is 0 Å². The van der Waals surface area contributed by atoms with Crippen LogP contribution in [0, 0.1) is 0 Å². The lowest BCUT2D eigenvalue weighted by molar-refractivity contribution is 0.102. The molecule has 0 aromatic heterocycles. The van der Waals surface area contributed by atoms with Gasteiger partial charge in [-0.2, -0.15) is 0 Å². The number of amides is 1. The number of anilines is 1. The van der Waals surface area contributed by atoms with E-state index in [1.165, 1.54) is 17.7 Å². The first kappa shape index (κ1) is 17.2. The number of hydrogen-bond acceptors (Lipinski definition) is 3. The van der Waals surface area contributed by atoms with Crippen LogP contribution in [0.5, 0.6) is 0 Å². The molecule has 0 unspecified atom stereocenters. The molecule has 0 heterocycles. The molecule has 2 rings (SSSR count). The zero-order valence-electron chi connectivity index (χ0n) is 13.8. The average Bonchev–Trinajstić information content (AvgIpc) is 2.46. The van der Waals surface area contributed by atoms with Gasteiger partial charge in [-0.05, 0) is 41.3 Å². The van der Waals surface area contributed by atoms with Crippen LogP contribution in [-0.2, 0) is 15.3 Å². The van der Waals surface area contributed by atoms with Crippen molar-refractivity contribution >= 4 is 21.4 Å². The topological polar surface area (TPSA) is 63.2 Å². The van der Waals surface area contributed by atoms with Crippen LogP contribution in [0.15, 0.2) is 53.4 Å². The lowest BCUT2D eigenvalue weighted by Crippen LogP contribution is -2.14. The van der Waals surface area contributed by atoms with E-state index in [1.807, 2.05) is 24.3 Å². The van der Waals surface area contributed by atoms with Crippen LogP contribution < -0.4 is 5.32 Å². The van der Waals surface area contributed by atoms with Crippen LogP contribution in [0.1, 0.15) is 36.7 Å². The van der Waals surface area contributed by atoms with E-state index in [4.69, 9.17) is 0 Å². The van der Waals surface area contributed by atoms with Gasteiger partial charge in [-0.1, -0.05) is 39.0 Å². The molecule has 0 saturated heterocycles. The number of nitrogens with one attached hydrogen (secondary N) is 1. The quantitative estimate of drug-likeness (QED) is 0.934. The first-order valence-corrected chi connectivity index (χ1v) is 9.18. The van der Waals surface area contributed by atoms with Gasteiger partial charge in [-0.3, -0.25) is 4.79 Å². The molecule has 0 spiro atoms. The Kier molecular flexibility index (Phi) is 4.61. The molecule has 0 aliphatic rings. The van der Waals surface area contributed by atoms with Crippen molar-refractivity contribution < 1.29 is 13.2 Å². The number of rotatable bonds is 3. The molecular weight excluding hydrogens is 310 g/mol. The third-order valence-corrected chi connectivity index (χ3v) is 4.64. The Morgan fingerprint density at radius 2 is 1.61 bits per heavy atom. The highest BCUT2D eigenvalue weighted by Gasteiger charge is 2.14. The Morgan fingerprint density at radius 3 is 2.13 bits per heavy atom. The average molecular weight is 331 g/mol. The molecule has 0 aliphatic heterocycles. The van der Waals surface area contributed by atoms with Gasteiger partial charge in [0.1, 0.15) is 0 Å². The fourth-order valence-corrected chi connectivity index (χ4v) is 2.79. The maximum absolute atomic E-state index is 12.3. The van der Waals surface area contributed by atoms with Crippen LogP contribution in [0.25, 0.3) is 0 Å². The van der Waals surface area contributed by atoms with Crippen molar-refractivity contribution in [3.8, 4) is 0 Å². The molecule has 2 aromatic rings. The van der Waals surface area contributed by atoms with Gasteiger partial charge < -0.3 is 5.32 Å². The molecular formula is C18H21NO3S. The molecule has 23 heavy (non-hydrogen) atoms. The molecule has 5 heteroatoms. The second-order valence-electron chi connectivity index (χ2n) is 6.58. The summed E-state index contributed by atoms with van der Waals surface area (Å²) in [5.41, 5.74) is 2.21. The van der Waals surface area contributed by atoms with E-state index in [1.54, 1.807) is 12.1 Å². The summed E-state index contributed by atoms with van der Waals surface area (Å²) in [5.74, 6) is -0.334. The molecule has 4 nitrogen and oxygen atoms in total. The Morgan fingerprint density at radius 1 is 1.00 bits per heavy atom. The van der Waals surface area contributed by atoms with Gasteiger partial charge in [0.2, 0.25) is 0 Å². The summed E-state index contributed by atoms with van der Waals surface area (Å²) < 4.78 is 23.1. The van der Waals surface area contributed by atoms with Crippen molar-refractivity contribution in [3.63, 3.8) is 0 Å². The highest BCUT2D eigenvalue weighted by atomic mass is 32.2. The summed E-state index contributed by atoms with van der Waals surface area (Å²) in [4.78, 5) is 12.4. The minimum absolute atomic E-state index is 0.0480. The predicted molar refractivity (Wildman–Crippen MR) is 92.6 cm³/mol. The third kappa shape index (κ3) is 4.42. The number of hydrogen-bond donors (Lipinski definition) is 1. The van der Waals surface area contributed by atoms with Crippen LogP contribution in [-0.4, -0.2) is 20.6 Å². The van der Waals surface area contributed by atoms with Crippen LogP contribution >= 0.6 is 0 Å². The van der Waals surface area contributed by atoms with Crippen LogP contribution in [0.4, 0.5) is 5.69 Å². The zero-order valence-corrected chi connectivity index (χ0v) is 14.6. The first-order valence-electron chi connectivity index (χ1n) is 7.29. The van der Waals surface area contributed by atoms with Gasteiger partial charge in [0.05, 0.1) is 4.90 Å². The number of sulfone groups is 1. The monoisotopic (exact) mass is 331 g/mol. The SMILES string of the molecule is CC(C)(C)c1ccc(NC(=O)c2cccc(S(C)(=O)=O)c2)cc1. The molecule has 0 aliphatic carbocycles. The molecule has 1 N–H and O–H groups in total. The normalized spacial score (nSPS) is 12.0. The Bertz CT molecular complexity index is 816. The largest absolute Gasteiger partial charge is 0.322 e. The molecule has 0 bridgehead atoms. The third-order valence-electron chi connectivity index (χ3n) is 3.53. The number of benzene rings is 2. The minimum Gasteiger partial charge on any atom is -0.322 e. The van der Waals surface area contributed by atoms with Gasteiger partial charge in [0.15, 0.2) is 9.84 Å². The van der Waals surface area contributed by atoms with E-state index < -0.39 is 9.84 Å². The highest BCUT2D eigenvalue weighted by Crippen LogP contribution is 2.23. The molecule has 0 fully saturated rings. The van der Waals surface area contributed by atoms with E-state index in [0.29, 0.717) is 11.3 Å². The summed E-state index contributed by atoms with van der Waals surface area (Å²) in [6, 6.07) is 13.7. The Labute approximate surface area is 137 Å². The molecule has 2 aromatic carbocycles. The van der Waals surface area contributed by atoms with Crippen molar-refractivity contribution in [1.29, 1.82) is 0 Å². The second-order valence-corrected chi connectivity index (χ2v) is 8.60. The van der Waals surface area contributed by atoms with Gasteiger partial charge in [0, 0.05) is 17.5 Å². The Balaban J connectivity index is 2.20. The Hall–Kier alpha value is -2.14. The minimum atomic E-state index is -3.33. The van der Waals surface area contributed by atoms with E-state index in [0.717, 1.165) is 6.26 Å². The fraction of sp³-hybridized carbons (Fsp3) is 0.278. The summed E-state index contributed by atoms with van der Waals surface area (Å²) in [7, 11) is -3.33. The van der Waals surface area contributed by atoms with Crippen molar-refractivity contribution in [2.24, 2.45) is 0 Å². The molecule has 122 valence electrons. The smallest absolute Gasteiger partial charge is 0.255 e. The number of carbonyl (C=O) groups excluding carboxylic acids is 1. The van der Waals surface area contributed by atoms with E-state index in [2.05, 4.69) is 26.1 Å². The van der Waals surface area contributed by atoms with E-state index in [9.17, 15) is 13.2 Å². The van der Waals surface area contributed by atoms with Gasteiger partial charge in [-0.25, -0.2) is 8.42 Å². The summed E-state index contributed by atoms with van der Waals surface area (Å²) in [5, 5.41) is 2.78. The van der Waals surface area contributed by atoms with Crippen molar-refractivity contribution in [2.75, 3.05) is 11.6 Å². The zero-order chi connectivity index (χ0) is 17.3. The van der Waals surface area contributed by atoms with E-state index in [-0.39, 0.29) is 16.2 Å². The van der Waals surface area contributed by atoms with Crippen molar-refractivity contribution in [3.05, 3.63) is 59.7 Å². The first-order chi connectivity index (χ1) is 10.6. The van der Waals surface area contributed by atoms with Gasteiger partial charge in [-0.15, -0.1) is 0 Å². The second kappa shape index (κ2) is 6.16. The van der Waals surface area contributed by atoms with Crippen LogP contribution in [0.3, 0.4) is 0 Å². The molecule has 0 radical (unpaired) electrons. The van der Waals surface area contributed by atoms with Gasteiger partial charge >= 0.3 is 0 Å². The van der Waals surface area contributed by atoms with E-state index >= 15 is 0 Å². The van der Waals surface area contributed by atoms with Gasteiger partial charge in [0.25, 0.3) is 5.91 Å². The maximum Gasteiger partial charge on any atom is 0.255 e. The molecule has 1 amide bonds. The summed E-state index contributed by atoms with van der Waals surface area (Å²) in [6.07, 6.45) is 1.12. The van der Waals surface area contributed by atoms with Crippen molar-refractivity contribution in [2.45, 2.75) is 31.1 Å². The predicted octanol–water partition coefficient (Wildman–Crippen LogP) is 3.64. The summed E-state index contributed by atoms with van der Waals surface area (Å²) >= 11 is 0. The molecule has 0 saturated carbocycles. The summed E-state index contributed by atoms with van der Waals surface area (Å²) in [6.45, 7) is 6.37.